The lowest BCUT2D eigenvalue weighted by molar-refractivity contribution is 0.0601. The fraction of sp³-hybridized carbons (Fsp3) is 0.154. The van der Waals surface area contributed by atoms with Crippen LogP contribution in [-0.2, 0) is 11.3 Å². The van der Waals surface area contributed by atoms with Crippen LogP contribution in [0.4, 0.5) is 10.1 Å². The van der Waals surface area contributed by atoms with Crippen molar-refractivity contribution in [3.8, 4) is 0 Å². The van der Waals surface area contributed by atoms with Crippen molar-refractivity contribution in [1.82, 2.24) is 0 Å². The smallest absolute Gasteiger partial charge is 0.340 e. The van der Waals surface area contributed by atoms with E-state index in [1.165, 1.54) is 19.2 Å². The van der Waals surface area contributed by atoms with Crippen LogP contribution in [0.25, 0.3) is 0 Å². The lowest BCUT2D eigenvalue weighted by Gasteiger charge is -2.09. The second kappa shape index (κ2) is 5.88. The van der Waals surface area contributed by atoms with Gasteiger partial charge in [0.05, 0.1) is 19.2 Å². The van der Waals surface area contributed by atoms with Gasteiger partial charge in [0.1, 0.15) is 11.6 Å². The molecule has 0 spiro atoms. The SMILES string of the molecule is COC(=O)c1cc(F)ccc1NCc1ccc(Br)o1. The molecule has 0 unspecified atom stereocenters. The Morgan fingerprint density at radius 1 is 1.42 bits per heavy atom. The highest BCUT2D eigenvalue weighted by Crippen LogP contribution is 2.20. The first kappa shape index (κ1) is 13.6. The normalized spacial score (nSPS) is 10.3. The van der Waals surface area contributed by atoms with E-state index < -0.39 is 11.8 Å². The Balaban J connectivity index is 2.17. The second-order valence-electron chi connectivity index (χ2n) is 3.74. The van der Waals surface area contributed by atoms with Gasteiger partial charge in [-0.05, 0) is 46.3 Å². The van der Waals surface area contributed by atoms with E-state index in [1.807, 2.05) is 0 Å². The van der Waals surface area contributed by atoms with Gasteiger partial charge in [-0.1, -0.05) is 0 Å². The Kier molecular flexibility index (Phi) is 4.21. The van der Waals surface area contributed by atoms with Crippen molar-refractivity contribution < 1.29 is 18.3 Å². The predicted octanol–water partition coefficient (Wildman–Crippen LogP) is 3.58. The molecule has 1 N–H and O–H groups in total. The summed E-state index contributed by atoms with van der Waals surface area (Å²) in [4.78, 5) is 11.5. The molecule has 19 heavy (non-hydrogen) atoms. The van der Waals surface area contributed by atoms with Crippen molar-refractivity contribution in [2.45, 2.75) is 6.54 Å². The average molecular weight is 328 g/mol. The molecule has 1 aromatic heterocycles. The van der Waals surface area contributed by atoms with Crippen LogP contribution < -0.4 is 5.32 Å². The quantitative estimate of drug-likeness (QED) is 0.872. The Hall–Kier alpha value is -1.82. The largest absolute Gasteiger partial charge is 0.465 e. The molecule has 6 heteroatoms. The Bertz CT molecular complexity index is 597. The number of halogens is 2. The molecule has 100 valence electrons. The van der Waals surface area contributed by atoms with Crippen LogP contribution >= 0.6 is 15.9 Å². The maximum absolute atomic E-state index is 13.2. The van der Waals surface area contributed by atoms with E-state index in [0.29, 0.717) is 22.7 Å². The molecular formula is C13H11BrFNO3. The van der Waals surface area contributed by atoms with E-state index in [-0.39, 0.29) is 5.56 Å². The van der Waals surface area contributed by atoms with Gasteiger partial charge in [-0.25, -0.2) is 9.18 Å². The molecule has 4 nitrogen and oxygen atoms in total. The molecule has 2 rings (SSSR count). The van der Waals surface area contributed by atoms with Crippen LogP contribution in [0.15, 0.2) is 39.4 Å². The van der Waals surface area contributed by atoms with Crippen LogP contribution in [-0.4, -0.2) is 13.1 Å². The maximum atomic E-state index is 13.2. The lowest BCUT2D eigenvalue weighted by Crippen LogP contribution is -2.08. The molecule has 0 amide bonds. The zero-order valence-electron chi connectivity index (χ0n) is 10.1. The maximum Gasteiger partial charge on any atom is 0.340 e. The third-order valence-corrected chi connectivity index (χ3v) is 2.90. The molecular weight excluding hydrogens is 317 g/mol. The number of esters is 1. The van der Waals surface area contributed by atoms with E-state index in [4.69, 9.17) is 4.42 Å². The van der Waals surface area contributed by atoms with E-state index >= 15 is 0 Å². The summed E-state index contributed by atoms with van der Waals surface area (Å²) in [6.07, 6.45) is 0. The molecule has 0 aliphatic rings. The Morgan fingerprint density at radius 3 is 2.84 bits per heavy atom. The molecule has 0 fully saturated rings. The molecule has 0 aliphatic heterocycles. The molecule has 0 saturated carbocycles. The van der Waals surface area contributed by atoms with Crippen molar-refractivity contribution in [2.24, 2.45) is 0 Å². The first-order valence-electron chi connectivity index (χ1n) is 5.46. The number of carbonyl (C=O) groups excluding carboxylic acids is 1. The van der Waals surface area contributed by atoms with Crippen molar-refractivity contribution in [2.75, 3.05) is 12.4 Å². The molecule has 0 aliphatic carbocycles. The van der Waals surface area contributed by atoms with E-state index in [1.54, 1.807) is 12.1 Å². The van der Waals surface area contributed by atoms with Gasteiger partial charge >= 0.3 is 5.97 Å². The highest BCUT2D eigenvalue weighted by atomic mass is 79.9. The van der Waals surface area contributed by atoms with Gasteiger partial charge < -0.3 is 14.5 Å². The van der Waals surface area contributed by atoms with Gasteiger partial charge in [-0.2, -0.15) is 0 Å². The van der Waals surface area contributed by atoms with Gasteiger partial charge in [-0.15, -0.1) is 0 Å². The Morgan fingerprint density at radius 2 is 2.21 bits per heavy atom. The standard InChI is InChI=1S/C13H11BrFNO3/c1-18-13(17)10-6-8(15)2-4-11(10)16-7-9-3-5-12(14)19-9/h2-6,16H,7H2,1H3. The van der Waals surface area contributed by atoms with E-state index in [0.717, 1.165) is 6.07 Å². The second-order valence-corrected chi connectivity index (χ2v) is 4.52. The van der Waals surface area contributed by atoms with Crippen LogP contribution in [0.2, 0.25) is 0 Å². The first-order chi connectivity index (χ1) is 9.10. The number of hydrogen-bond acceptors (Lipinski definition) is 4. The number of anilines is 1. The number of methoxy groups -OCH3 is 1. The van der Waals surface area contributed by atoms with Crippen molar-refractivity contribution in [3.05, 3.63) is 52.1 Å². The number of nitrogens with one attached hydrogen (secondary N) is 1. The van der Waals surface area contributed by atoms with Crippen molar-refractivity contribution in [1.29, 1.82) is 0 Å². The lowest BCUT2D eigenvalue weighted by atomic mass is 10.1. The first-order valence-corrected chi connectivity index (χ1v) is 6.25. The summed E-state index contributed by atoms with van der Waals surface area (Å²) in [6, 6.07) is 7.44. The molecule has 0 atom stereocenters. The molecule has 0 radical (unpaired) electrons. The summed E-state index contributed by atoms with van der Waals surface area (Å²) in [5.74, 6) is -0.402. The summed E-state index contributed by atoms with van der Waals surface area (Å²) >= 11 is 3.20. The summed E-state index contributed by atoms with van der Waals surface area (Å²) in [5.41, 5.74) is 0.633. The molecule has 0 saturated heterocycles. The number of rotatable bonds is 4. The van der Waals surface area contributed by atoms with Gasteiger partial charge in [0.15, 0.2) is 4.67 Å². The third kappa shape index (κ3) is 3.35. The molecule has 2 aromatic rings. The number of furan rings is 1. The molecule has 1 aromatic carbocycles. The summed E-state index contributed by atoms with van der Waals surface area (Å²) < 4.78 is 23.7. The minimum atomic E-state index is -0.595. The highest BCUT2D eigenvalue weighted by Gasteiger charge is 2.13. The third-order valence-electron chi connectivity index (χ3n) is 2.47. The van der Waals surface area contributed by atoms with Gasteiger partial charge in [-0.3, -0.25) is 0 Å². The molecule has 1 heterocycles. The predicted molar refractivity (Wildman–Crippen MR) is 71.5 cm³/mol. The highest BCUT2D eigenvalue weighted by molar-refractivity contribution is 9.10. The zero-order chi connectivity index (χ0) is 13.8. The average Bonchev–Trinajstić information content (AvgIpc) is 2.82. The van der Waals surface area contributed by atoms with Crippen LogP contribution in [0.5, 0.6) is 0 Å². The minimum absolute atomic E-state index is 0.146. The number of hydrogen-bond donors (Lipinski definition) is 1. The van der Waals surface area contributed by atoms with E-state index in [2.05, 4.69) is 26.0 Å². The summed E-state index contributed by atoms with van der Waals surface area (Å²) in [5, 5.41) is 3.00. The number of ether oxygens (including phenoxy) is 1. The van der Waals surface area contributed by atoms with Crippen LogP contribution in [0.3, 0.4) is 0 Å². The van der Waals surface area contributed by atoms with Gasteiger partial charge in [0.25, 0.3) is 0 Å². The van der Waals surface area contributed by atoms with Crippen molar-refractivity contribution in [3.63, 3.8) is 0 Å². The molecule has 0 bridgehead atoms. The summed E-state index contributed by atoms with van der Waals surface area (Å²) in [7, 11) is 1.25. The van der Waals surface area contributed by atoms with Gasteiger partial charge in [0.2, 0.25) is 0 Å². The fourth-order valence-corrected chi connectivity index (χ4v) is 1.92. The van der Waals surface area contributed by atoms with E-state index in [9.17, 15) is 9.18 Å². The number of benzene rings is 1. The minimum Gasteiger partial charge on any atom is -0.465 e. The van der Waals surface area contributed by atoms with Crippen LogP contribution in [0.1, 0.15) is 16.1 Å². The van der Waals surface area contributed by atoms with Crippen molar-refractivity contribution >= 4 is 27.6 Å². The zero-order valence-corrected chi connectivity index (χ0v) is 11.7. The Labute approximate surface area is 117 Å². The number of carbonyl (C=O) groups is 1. The van der Waals surface area contributed by atoms with Crippen LogP contribution in [0, 0.1) is 5.82 Å². The van der Waals surface area contributed by atoms with Gasteiger partial charge in [0, 0.05) is 5.69 Å². The topological polar surface area (TPSA) is 51.5 Å². The monoisotopic (exact) mass is 327 g/mol. The fourth-order valence-electron chi connectivity index (χ4n) is 1.58. The summed E-state index contributed by atoms with van der Waals surface area (Å²) in [6.45, 7) is 0.376.